The number of H-pyrrole nitrogens is 1. The lowest BCUT2D eigenvalue weighted by Crippen LogP contribution is -2.13. The van der Waals surface area contributed by atoms with Crippen LogP contribution in [0.15, 0.2) is 78.8 Å². The maximum Gasteiger partial charge on any atom is 0.270 e. The summed E-state index contributed by atoms with van der Waals surface area (Å²) in [6.07, 6.45) is 8.06. The van der Waals surface area contributed by atoms with Gasteiger partial charge in [0.25, 0.3) is 5.92 Å². The first-order valence-electron chi connectivity index (χ1n) is 9.32. The number of halogens is 2. The van der Waals surface area contributed by atoms with Gasteiger partial charge in [-0.05, 0) is 26.2 Å². The molecule has 0 amide bonds. The Hall–Kier alpha value is -3.25. The first-order valence-corrected chi connectivity index (χ1v) is 9.32. The summed E-state index contributed by atoms with van der Waals surface area (Å²) >= 11 is 0. The van der Waals surface area contributed by atoms with E-state index in [1.54, 1.807) is 24.3 Å². The molecule has 0 aliphatic carbocycles. The number of nitrogens with one attached hydrogen (secondary N) is 1. The van der Waals surface area contributed by atoms with Crippen molar-refractivity contribution in [2.45, 2.75) is 19.4 Å². The fraction of sp³-hybridized carbons (Fsp3) is 0.208. The minimum Gasteiger partial charge on any atom is -0.453 e. The molecule has 0 aliphatic rings. The number of hydrogen-bond donors (Lipinski definition) is 1. The van der Waals surface area contributed by atoms with Crippen molar-refractivity contribution in [1.82, 2.24) is 14.9 Å². The highest BCUT2D eigenvalue weighted by Gasteiger charge is 2.30. The van der Waals surface area contributed by atoms with Crippen LogP contribution in [0.1, 0.15) is 24.1 Å². The second-order valence-corrected chi connectivity index (χ2v) is 7.06. The Kier molecular flexibility index (Phi) is 7.29. The van der Waals surface area contributed by atoms with Gasteiger partial charge in [-0.1, -0.05) is 56.7 Å². The molecule has 0 unspecified atom stereocenters. The first-order chi connectivity index (χ1) is 14.1. The van der Waals surface area contributed by atoms with Crippen LogP contribution in [-0.2, 0) is 6.54 Å². The van der Waals surface area contributed by atoms with Gasteiger partial charge in [0.05, 0.1) is 11.4 Å². The van der Waals surface area contributed by atoms with E-state index in [-0.39, 0.29) is 16.9 Å². The summed E-state index contributed by atoms with van der Waals surface area (Å²) in [6.45, 7) is 16.1. The topological polar surface area (TPSA) is 45.1 Å². The Morgan fingerprint density at radius 3 is 2.40 bits per heavy atom. The van der Waals surface area contributed by atoms with Crippen LogP contribution in [0.4, 0.5) is 8.78 Å². The number of imidazole rings is 1. The average molecular weight is 411 g/mol. The van der Waals surface area contributed by atoms with Gasteiger partial charge in [-0.25, -0.2) is 13.8 Å². The molecule has 0 atom stereocenters. The SMILES string of the molecule is C=C/C=C(\C(=C)C(C)(F)F)c1ccc(-c2nc(/C(C=C)=C/C=C)c(CN(C)C)[nH]2)o1. The molecule has 2 heterocycles. The van der Waals surface area contributed by atoms with Crippen molar-refractivity contribution in [3.63, 3.8) is 0 Å². The maximum atomic E-state index is 13.8. The summed E-state index contributed by atoms with van der Waals surface area (Å²) < 4.78 is 33.5. The van der Waals surface area contributed by atoms with Crippen molar-refractivity contribution in [3.05, 3.63) is 91.5 Å². The standard InChI is InChI=1S/C24H27F2N3O/c1-8-11-17(10-3)22-19(15-29(6)7)27-23(28-22)21-14-13-20(30-21)18(12-9-2)16(4)24(5,25)26/h8-14H,1-4,15H2,5-7H3,(H,27,28)/b17-11+,18-12+. The zero-order valence-corrected chi connectivity index (χ0v) is 17.6. The van der Waals surface area contributed by atoms with Gasteiger partial charge in [0.1, 0.15) is 5.76 Å². The van der Waals surface area contributed by atoms with Crippen LogP contribution in [0.2, 0.25) is 0 Å². The zero-order chi connectivity index (χ0) is 22.5. The molecule has 1 N–H and O–H groups in total. The summed E-state index contributed by atoms with van der Waals surface area (Å²) in [4.78, 5) is 9.93. The second kappa shape index (κ2) is 9.50. The van der Waals surface area contributed by atoms with Crippen LogP contribution in [0.5, 0.6) is 0 Å². The summed E-state index contributed by atoms with van der Waals surface area (Å²) in [5.74, 6) is -1.93. The number of alkyl halides is 2. The molecule has 30 heavy (non-hydrogen) atoms. The Balaban J connectivity index is 2.53. The van der Waals surface area contributed by atoms with E-state index in [1.807, 2.05) is 25.1 Å². The van der Waals surface area contributed by atoms with Crippen LogP contribution in [0.3, 0.4) is 0 Å². The summed E-state index contributed by atoms with van der Waals surface area (Å²) in [5, 5.41) is 0. The van der Waals surface area contributed by atoms with Gasteiger partial charge in [0.2, 0.25) is 0 Å². The fourth-order valence-electron chi connectivity index (χ4n) is 2.86. The van der Waals surface area contributed by atoms with E-state index in [2.05, 4.69) is 36.3 Å². The molecule has 2 aromatic rings. The first kappa shape index (κ1) is 23.0. The van der Waals surface area contributed by atoms with Crippen LogP contribution in [0.25, 0.3) is 22.7 Å². The van der Waals surface area contributed by atoms with Gasteiger partial charge in [-0.15, -0.1) is 0 Å². The quantitative estimate of drug-likeness (QED) is 0.469. The van der Waals surface area contributed by atoms with E-state index in [4.69, 9.17) is 4.42 Å². The molecule has 6 heteroatoms. The number of aromatic nitrogens is 2. The molecule has 2 aromatic heterocycles. The van der Waals surface area contributed by atoms with Crippen molar-refractivity contribution in [2.24, 2.45) is 0 Å². The monoisotopic (exact) mass is 411 g/mol. The average Bonchev–Trinajstić information content (AvgIpc) is 3.30. The van der Waals surface area contributed by atoms with Crippen molar-refractivity contribution in [1.29, 1.82) is 0 Å². The second-order valence-electron chi connectivity index (χ2n) is 7.06. The highest BCUT2D eigenvalue weighted by Crippen LogP contribution is 2.36. The highest BCUT2D eigenvalue weighted by molar-refractivity contribution is 5.79. The molecule has 0 saturated carbocycles. The van der Waals surface area contributed by atoms with Gasteiger partial charge >= 0.3 is 0 Å². The van der Waals surface area contributed by atoms with Gasteiger partial charge in [0, 0.05) is 30.2 Å². The number of rotatable bonds is 10. The molecule has 0 spiro atoms. The van der Waals surface area contributed by atoms with Crippen molar-refractivity contribution >= 4 is 11.1 Å². The Bertz CT molecular complexity index is 1010. The third-order valence-electron chi connectivity index (χ3n) is 4.29. The summed E-state index contributed by atoms with van der Waals surface area (Å²) in [6, 6.07) is 3.30. The highest BCUT2D eigenvalue weighted by atomic mass is 19.3. The number of furan rings is 1. The molecule has 2 rings (SSSR count). The van der Waals surface area contributed by atoms with Crippen molar-refractivity contribution < 1.29 is 13.2 Å². The number of nitrogens with zero attached hydrogens (tertiary/aromatic N) is 2. The molecular formula is C24H27F2N3O. The molecule has 0 bridgehead atoms. The summed E-state index contributed by atoms with van der Waals surface area (Å²) in [5.41, 5.74) is 2.23. The van der Waals surface area contributed by atoms with Gasteiger partial charge in [-0.3, -0.25) is 0 Å². The van der Waals surface area contributed by atoms with Gasteiger partial charge < -0.3 is 14.3 Å². The van der Waals surface area contributed by atoms with E-state index in [1.165, 1.54) is 12.2 Å². The maximum absolute atomic E-state index is 13.8. The predicted molar refractivity (Wildman–Crippen MR) is 120 cm³/mol. The third kappa shape index (κ3) is 5.21. The molecule has 4 nitrogen and oxygen atoms in total. The Morgan fingerprint density at radius 1 is 1.20 bits per heavy atom. The number of hydrogen-bond acceptors (Lipinski definition) is 3. The Labute approximate surface area is 176 Å². The van der Waals surface area contributed by atoms with Crippen LogP contribution >= 0.6 is 0 Å². The van der Waals surface area contributed by atoms with E-state index in [0.29, 0.717) is 18.1 Å². The molecule has 0 saturated heterocycles. The number of aromatic amines is 1. The van der Waals surface area contributed by atoms with Crippen LogP contribution in [0, 0.1) is 0 Å². The Morgan fingerprint density at radius 2 is 1.87 bits per heavy atom. The molecule has 158 valence electrons. The predicted octanol–water partition coefficient (Wildman–Crippen LogP) is 6.27. The van der Waals surface area contributed by atoms with Crippen molar-refractivity contribution in [2.75, 3.05) is 14.1 Å². The summed E-state index contributed by atoms with van der Waals surface area (Å²) in [7, 11) is 3.89. The van der Waals surface area contributed by atoms with E-state index < -0.39 is 5.92 Å². The molecular weight excluding hydrogens is 384 g/mol. The van der Waals surface area contributed by atoms with Gasteiger partial charge in [0.15, 0.2) is 11.6 Å². The van der Waals surface area contributed by atoms with E-state index in [0.717, 1.165) is 23.9 Å². The fourth-order valence-corrected chi connectivity index (χ4v) is 2.86. The minimum atomic E-state index is -3.09. The van der Waals surface area contributed by atoms with Crippen LogP contribution in [-0.4, -0.2) is 34.9 Å². The van der Waals surface area contributed by atoms with Crippen LogP contribution < -0.4 is 0 Å². The lowest BCUT2D eigenvalue weighted by atomic mass is 10.00. The largest absolute Gasteiger partial charge is 0.453 e. The smallest absolute Gasteiger partial charge is 0.270 e. The van der Waals surface area contributed by atoms with E-state index >= 15 is 0 Å². The zero-order valence-electron chi connectivity index (χ0n) is 17.6. The van der Waals surface area contributed by atoms with Crippen molar-refractivity contribution in [3.8, 4) is 11.6 Å². The van der Waals surface area contributed by atoms with E-state index in [9.17, 15) is 8.78 Å². The normalized spacial score (nSPS) is 12.9. The lowest BCUT2D eigenvalue weighted by molar-refractivity contribution is 0.0691. The molecule has 0 aliphatic heterocycles. The molecule has 0 aromatic carbocycles. The lowest BCUT2D eigenvalue weighted by Gasteiger charge is -2.15. The molecule has 0 radical (unpaired) electrons. The minimum absolute atomic E-state index is 0.183. The third-order valence-corrected chi connectivity index (χ3v) is 4.29. The number of allylic oxidation sites excluding steroid dienone is 8. The molecule has 0 fully saturated rings. The van der Waals surface area contributed by atoms with Gasteiger partial charge in [-0.2, -0.15) is 0 Å².